The molecule has 10 nitrogen and oxygen atoms in total. The third-order valence-electron chi connectivity index (χ3n) is 32.9. The third-order valence-corrected chi connectivity index (χ3v) is 32.9. The van der Waals surface area contributed by atoms with Crippen LogP contribution >= 0.6 is 0 Å². The van der Waals surface area contributed by atoms with E-state index in [9.17, 15) is 0 Å². The Morgan fingerprint density at radius 1 is 0.223 bits per heavy atom. The minimum Gasteiger partial charge on any atom is -0.486 e. The molecule has 5 aliphatic heterocycles. The molecule has 708 valence electrons. The van der Waals surface area contributed by atoms with Crippen LogP contribution in [0.15, 0.2) is 304 Å². The fourth-order valence-corrected chi connectivity index (χ4v) is 24.1. The smallest absolute Gasteiger partial charge is 0.216 e. The van der Waals surface area contributed by atoms with E-state index in [4.69, 9.17) is 23.7 Å². The molecule has 3 saturated carbocycles. The number of nitrogens with zero attached hydrogens (tertiary/aromatic N) is 5. The van der Waals surface area contributed by atoms with Gasteiger partial charge in [0.15, 0.2) is 31.0 Å². The maximum absolute atomic E-state index is 6.84. The first-order valence-corrected chi connectivity index (χ1v) is 51.1. The number of aryl methyl sites for hydroxylation is 10. The lowest BCUT2D eigenvalue weighted by Gasteiger charge is -2.43. The van der Waals surface area contributed by atoms with Crippen LogP contribution in [-0.2, 0) is 64.3 Å². The van der Waals surface area contributed by atoms with Crippen molar-refractivity contribution in [1.82, 2.24) is 0 Å². The van der Waals surface area contributed by atoms with Crippen molar-refractivity contribution in [3.8, 4) is 141 Å². The average Bonchev–Trinajstić information content (AvgIpc) is 1.54. The Balaban J connectivity index is 0.000000111. The summed E-state index contributed by atoms with van der Waals surface area (Å²) in [7, 11) is 10.6. The van der Waals surface area contributed by atoms with Crippen LogP contribution in [0.2, 0.25) is 0 Å². The largest absolute Gasteiger partial charge is 0.486 e. The molecule has 3 spiro atoms. The molecule has 3 fully saturated rings. The topological polar surface area (TPSA) is 65.5 Å². The fraction of sp³-hybridized carbons (Fsp3) is 0.341. The van der Waals surface area contributed by atoms with Gasteiger partial charge in [-0.15, -0.1) is 0 Å². The van der Waals surface area contributed by atoms with E-state index in [-0.39, 0.29) is 44.3 Å². The monoisotopic (exact) mass is 1840 g/mol. The van der Waals surface area contributed by atoms with Crippen LogP contribution in [0.4, 0.5) is 0 Å². The molecule has 8 aliphatic rings. The minimum atomic E-state index is -0.243. The summed E-state index contributed by atoms with van der Waals surface area (Å²) in [6.45, 7) is 33.4. The predicted molar refractivity (Wildman–Crippen MR) is 567 cm³/mol. The maximum atomic E-state index is 6.84. The Labute approximate surface area is 827 Å². The van der Waals surface area contributed by atoms with Crippen LogP contribution in [0.25, 0.3) is 112 Å². The third kappa shape index (κ3) is 17.8. The molecule has 10 heteroatoms. The summed E-state index contributed by atoms with van der Waals surface area (Å²) < 4.78 is 44.4. The zero-order valence-electron chi connectivity index (χ0n) is 86.0. The van der Waals surface area contributed by atoms with Crippen molar-refractivity contribution < 1.29 is 46.5 Å². The highest BCUT2D eigenvalue weighted by molar-refractivity contribution is 5.83. The second-order valence-corrected chi connectivity index (χ2v) is 43.7. The van der Waals surface area contributed by atoms with Gasteiger partial charge in [-0.3, -0.25) is 0 Å². The van der Waals surface area contributed by atoms with Gasteiger partial charge in [-0.25, -0.2) is 22.8 Å². The van der Waals surface area contributed by atoms with Crippen LogP contribution < -0.4 is 46.5 Å². The predicted octanol–water partition coefficient (Wildman–Crippen LogP) is 28.9. The van der Waals surface area contributed by atoms with E-state index in [2.05, 4.69) is 466 Å². The molecule has 0 radical (unpaired) electrons. The second kappa shape index (κ2) is 37.6. The number of pyridine rings is 5. The number of hydrogen-bond donors (Lipinski definition) is 0. The average molecular weight is 1840 g/mol. The molecule has 0 bridgehead atoms. The molecular formula is C129H142N5O5+5. The Hall–Kier alpha value is -13.1. The lowest BCUT2D eigenvalue weighted by Crippen LogP contribution is -2.47. The van der Waals surface area contributed by atoms with E-state index in [1.54, 1.807) is 0 Å². The van der Waals surface area contributed by atoms with E-state index < -0.39 is 0 Å². The van der Waals surface area contributed by atoms with Crippen molar-refractivity contribution in [2.45, 2.75) is 251 Å². The minimum absolute atomic E-state index is 0.0404. The number of ether oxygens (including phenoxy) is 5. The fourth-order valence-electron chi connectivity index (χ4n) is 24.1. The van der Waals surface area contributed by atoms with Gasteiger partial charge >= 0.3 is 0 Å². The molecule has 10 aromatic carbocycles. The summed E-state index contributed by atoms with van der Waals surface area (Å²) in [6, 6.07) is 98.1. The number of benzene rings is 10. The standard InChI is InChI=1S/C28H32NO.C27H30NO.C26H28NO.C25H28NO.C23H24NO/c1-20-13-14-23-26(30-27(2,3)28(23)16-9-6-10-17-28)25(20)24-19-22(15-18-29(24)4)21-11-7-5-8-12-21;1-19-12-13-22-25(29-26(2,3)27(22)15-8-9-16-27)24(19)23-18-21(14-17-28(23)4)20-10-6-5-7-11-20;1-19-11-12-22-18-26(14-7-4-8-15-26)28-25(22)24(19)23-17-21(13-16-27(23)2)20-9-5-3-6-10-20;1-17-12-13-20-23(27-25(4,5)24(20,2)3)22(17)21-16-19(14-15-26(21)6)18-10-8-7-9-11-18;1-16-10-11-19-15-23(2,3)25-22(19)21(16)20-14-18(12-13-24(20)4)17-8-6-5-7-9-17/h5,7-8,11-15,18-19H,6,9-10,16-17H2,1-4H3;5-7,10-14,17-18H,8-9,15-16H2,1-4H3;3,5-6,9-13,16-17H,4,7-8,14-15,18H2,1-2H3;7-16H,1-6H3;5-14H,15H2,1-4H3/q5*+1. The van der Waals surface area contributed by atoms with Crippen LogP contribution in [-0.4, -0.2) is 28.0 Å². The molecule has 3 aliphatic carbocycles. The van der Waals surface area contributed by atoms with Crippen molar-refractivity contribution in [2.75, 3.05) is 0 Å². The van der Waals surface area contributed by atoms with Gasteiger partial charge in [-0.2, -0.15) is 0 Å². The molecule has 0 atom stereocenters. The van der Waals surface area contributed by atoms with Gasteiger partial charge in [-0.05, 0) is 236 Å². The van der Waals surface area contributed by atoms with Gasteiger partial charge < -0.3 is 23.7 Å². The SMILES string of the molecule is Cc1ccc2c(c1-c1cc(-c3ccccc3)cc[n+]1C)OC(C)(C)C2.Cc1ccc2c(c1-c1cc(-c3ccccc3)cc[n+]1C)OC(C)(C)C2(C)C.Cc1ccc2c(c1-c1cc(-c3ccccc3)cc[n+]1C)OC(C)(C)C21CCCC1.Cc1ccc2c(c1-c1cc(-c3ccccc3)cc[n+]1C)OC(C)(C)C21CCCCC1.Cc1ccc2c(c1-c1cc(-c3ccccc3)cc[n+]1C)OC1(CCCCC1)C2. The van der Waals surface area contributed by atoms with Gasteiger partial charge in [0.2, 0.25) is 28.5 Å². The Kier molecular flexibility index (Phi) is 25.7. The first-order valence-electron chi connectivity index (χ1n) is 51.1. The highest BCUT2D eigenvalue weighted by Crippen LogP contribution is 2.63. The normalized spacial score (nSPS) is 17.4. The van der Waals surface area contributed by atoms with Crippen molar-refractivity contribution in [2.24, 2.45) is 35.2 Å². The van der Waals surface area contributed by atoms with Crippen LogP contribution in [0.3, 0.4) is 0 Å². The Morgan fingerprint density at radius 3 is 0.791 bits per heavy atom. The molecule has 0 unspecified atom stereocenters. The van der Waals surface area contributed by atoms with E-state index in [1.165, 1.54) is 257 Å². The zero-order chi connectivity index (χ0) is 97.3. The number of aromatic nitrogens is 5. The summed E-state index contributed by atoms with van der Waals surface area (Å²) in [6.07, 6.45) is 30.6. The lowest BCUT2D eigenvalue weighted by atomic mass is 9.62. The molecule has 10 heterocycles. The summed E-state index contributed by atoms with van der Waals surface area (Å²) in [5, 5.41) is 0. The molecule has 139 heavy (non-hydrogen) atoms. The van der Waals surface area contributed by atoms with Crippen LogP contribution in [0, 0.1) is 34.6 Å². The molecule has 23 rings (SSSR count). The quantitative estimate of drug-likeness (QED) is 0.128. The van der Waals surface area contributed by atoms with Crippen molar-refractivity contribution in [3.63, 3.8) is 0 Å². The number of fused-ring (bicyclic) bond motifs is 7. The van der Waals surface area contributed by atoms with Gasteiger partial charge in [-0.1, -0.05) is 265 Å². The van der Waals surface area contributed by atoms with Crippen molar-refractivity contribution >= 4 is 0 Å². The van der Waals surface area contributed by atoms with Gasteiger partial charge in [0.1, 0.15) is 92.0 Å². The molecule has 15 aromatic rings. The van der Waals surface area contributed by atoms with E-state index in [0.29, 0.717) is 0 Å². The molecular weight excluding hydrogens is 1700 g/mol. The van der Waals surface area contributed by atoms with E-state index in [1.807, 2.05) is 0 Å². The highest BCUT2D eigenvalue weighted by Gasteiger charge is 2.59. The Bertz CT molecular complexity index is 7110. The molecule has 0 saturated heterocycles. The van der Waals surface area contributed by atoms with E-state index >= 15 is 0 Å². The van der Waals surface area contributed by atoms with Gasteiger partial charge in [0.25, 0.3) is 0 Å². The summed E-state index contributed by atoms with van der Waals surface area (Å²) in [5.41, 5.74) is 37.3. The highest BCUT2D eigenvalue weighted by atomic mass is 16.5. The maximum Gasteiger partial charge on any atom is 0.216 e. The van der Waals surface area contributed by atoms with Crippen LogP contribution in [0.1, 0.15) is 215 Å². The molecule has 0 amide bonds. The summed E-state index contributed by atoms with van der Waals surface area (Å²) in [4.78, 5) is 0. The number of rotatable bonds is 10. The first kappa shape index (κ1) is 94.9. The van der Waals surface area contributed by atoms with Gasteiger partial charge in [0, 0.05) is 106 Å². The van der Waals surface area contributed by atoms with Crippen molar-refractivity contribution in [1.29, 1.82) is 0 Å². The van der Waals surface area contributed by atoms with Gasteiger partial charge in [0.05, 0.1) is 27.8 Å². The summed E-state index contributed by atoms with van der Waals surface area (Å²) >= 11 is 0. The van der Waals surface area contributed by atoms with Crippen molar-refractivity contribution in [3.05, 3.63) is 360 Å². The Morgan fingerprint density at radius 2 is 0.475 bits per heavy atom. The second-order valence-electron chi connectivity index (χ2n) is 43.7. The zero-order valence-corrected chi connectivity index (χ0v) is 86.0. The summed E-state index contributed by atoms with van der Waals surface area (Å²) in [5.74, 6) is 5.43. The first-order chi connectivity index (χ1) is 66.7. The number of hydrogen-bond acceptors (Lipinski definition) is 5. The molecule has 0 N–H and O–H groups in total. The van der Waals surface area contributed by atoms with Crippen LogP contribution in [0.5, 0.6) is 28.7 Å². The van der Waals surface area contributed by atoms with E-state index in [0.717, 1.165) is 41.6 Å². The molecule has 5 aromatic heterocycles. The lowest BCUT2D eigenvalue weighted by molar-refractivity contribution is -0.660.